The summed E-state index contributed by atoms with van der Waals surface area (Å²) in [5.74, 6) is 1.57. The molecule has 7 nitrogen and oxygen atoms in total. The Morgan fingerprint density at radius 3 is 2.71 bits per heavy atom. The molecule has 1 unspecified atom stereocenters. The molecule has 1 fully saturated rings. The van der Waals surface area contributed by atoms with Gasteiger partial charge in [-0.05, 0) is 85.8 Å². The number of amides is 1. The van der Waals surface area contributed by atoms with Gasteiger partial charge in [-0.1, -0.05) is 24.8 Å². The fourth-order valence-corrected chi connectivity index (χ4v) is 5.19. The molecule has 178 valence electrons. The van der Waals surface area contributed by atoms with Crippen molar-refractivity contribution in [2.75, 3.05) is 36.1 Å². The minimum absolute atomic E-state index is 0.252. The summed E-state index contributed by atoms with van der Waals surface area (Å²) in [6, 6.07) is 18.1. The number of benzene rings is 2. The highest BCUT2D eigenvalue weighted by atomic mass is 32.1. The van der Waals surface area contributed by atoms with Gasteiger partial charge in [0.25, 0.3) is 0 Å². The van der Waals surface area contributed by atoms with Crippen LogP contribution in [0.1, 0.15) is 24.3 Å². The number of likely N-dealkylation sites (tertiary alicyclic amines) is 1. The highest BCUT2D eigenvalue weighted by Gasteiger charge is 2.18. The van der Waals surface area contributed by atoms with E-state index in [0.29, 0.717) is 23.4 Å². The minimum Gasteiger partial charge on any atom is -0.339 e. The number of thiophene rings is 1. The van der Waals surface area contributed by atoms with Crippen LogP contribution in [0.2, 0.25) is 0 Å². The predicted molar refractivity (Wildman–Crippen MR) is 145 cm³/mol. The maximum Gasteiger partial charge on any atom is 0.247 e. The molecule has 3 N–H and O–H groups in total. The van der Waals surface area contributed by atoms with Crippen molar-refractivity contribution in [1.82, 2.24) is 14.9 Å². The molecule has 2 aromatic heterocycles. The fourth-order valence-electron chi connectivity index (χ4n) is 4.42. The van der Waals surface area contributed by atoms with Gasteiger partial charge in [0.15, 0.2) is 5.82 Å². The Morgan fingerprint density at radius 2 is 1.91 bits per heavy atom. The first kappa shape index (κ1) is 23.0. The molecular formula is C27H28N6OS. The molecule has 1 aliphatic rings. The first-order valence-corrected chi connectivity index (χ1v) is 12.6. The average Bonchev–Trinajstić information content (AvgIpc) is 3.34. The number of anilines is 5. The number of fused-ring (bicyclic) bond motifs is 1. The van der Waals surface area contributed by atoms with Gasteiger partial charge >= 0.3 is 0 Å². The van der Waals surface area contributed by atoms with Crippen LogP contribution in [0.15, 0.2) is 72.6 Å². The van der Waals surface area contributed by atoms with E-state index < -0.39 is 0 Å². The second-order valence-corrected chi connectivity index (χ2v) is 9.69. The molecule has 5 rings (SSSR count). The van der Waals surface area contributed by atoms with E-state index in [4.69, 9.17) is 9.97 Å². The lowest BCUT2D eigenvalue weighted by molar-refractivity contribution is -0.111. The zero-order valence-electron chi connectivity index (χ0n) is 19.6. The van der Waals surface area contributed by atoms with Crippen molar-refractivity contribution in [3.8, 4) is 0 Å². The van der Waals surface area contributed by atoms with E-state index in [-0.39, 0.29) is 5.91 Å². The number of piperidine rings is 1. The molecule has 0 saturated carbocycles. The average molecular weight is 485 g/mol. The molecule has 2 aromatic carbocycles. The predicted octanol–water partition coefficient (Wildman–Crippen LogP) is 6.11. The number of carbonyl (C=O) groups is 1. The van der Waals surface area contributed by atoms with Crippen LogP contribution in [0.4, 0.5) is 28.8 Å². The zero-order valence-corrected chi connectivity index (χ0v) is 20.4. The van der Waals surface area contributed by atoms with E-state index in [1.54, 1.807) is 11.3 Å². The minimum atomic E-state index is -0.252. The Balaban J connectivity index is 1.35. The summed E-state index contributed by atoms with van der Waals surface area (Å²) in [5, 5.41) is 11.5. The van der Waals surface area contributed by atoms with Crippen molar-refractivity contribution >= 4 is 56.3 Å². The SMILES string of the molecule is C=CC(=O)Nc1cccc(Nc2nc(Nc3ccc(C4CCCN(C)C4)cc3)nc3ccsc23)c1. The summed E-state index contributed by atoms with van der Waals surface area (Å²) in [4.78, 5) is 23.5. The largest absolute Gasteiger partial charge is 0.339 e. The highest BCUT2D eigenvalue weighted by Crippen LogP contribution is 2.32. The van der Waals surface area contributed by atoms with Gasteiger partial charge in [0, 0.05) is 23.6 Å². The summed E-state index contributed by atoms with van der Waals surface area (Å²) in [7, 11) is 2.19. The molecule has 35 heavy (non-hydrogen) atoms. The topological polar surface area (TPSA) is 82.2 Å². The third-order valence-corrected chi connectivity index (χ3v) is 7.05. The highest BCUT2D eigenvalue weighted by molar-refractivity contribution is 7.17. The number of carbonyl (C=O) groups excluding carboxylic acids is 1. The first-order chi connectivity index (χ1) is 17.1. The van der Waals surface area contributed by atoms with Gasteiger partial charge in [0.1, 0.15) is 0 Å². The van der Waals surface area contributed by atoms with Crippen LogP contribution in [0.3, 0.4) is 0 Å². The molecule has 8 heteroatoms. The van der Waals surface area contributed by atoms with Crippen LogP contribution in [-0.4, -0.2) is 40.9 Å². The van der Waals surface area contributed by atoms with Crippen molar-refractivity contribution in [3.63, 3.8) is 0 Å². The van der Waals surface area contributed by atoms with Crippen LogP contribution >= 0.6 is 11.3 Å². The lowest BCUT2D eigenvalue weighted by atomic mass is 9.91. The lowest BCUT2D eigenvalue weighted by Crippen LogP contribution is -2.30. The Hall–Kier alpha value is -3.75. The maximum atomic E-state index is 11.7. The molecular weight excluding hydrogens is 456 g/mol. The number of rotatable bonds is 7. The molecule has 3 heterocycles. The van der Waals surface area contributed by atoms with E-state index >= 15 is 0 Å². The summed E-state index contributed by atoms with van der Waals surface area (Å²) < 4.78 is 0.966. The van der Waals surface area contributed by atoms with Gasteiger partial charge in [-0.15, -0.1) is 11.3 Å². The van der Waals surface area contributed by atoms with Gasteiger partial charge in [-0.2, -0.15) is 4.98 Å². The molecule has 1 aliphatic heterocycles. The summed E-state index contributed by atoms with van der Waals surface area (Å²) in [5.41, 5.74) is 4.69. The Bertz CT molecular complexity index is 1350. The smallest absolute Gasteiger partial charge is 0.247 e. The van der Waals surface area contributed by atoms with Crippen molar-refractivity contribution in [2.45, 2.75) is 18.8 Å². The number of nitrogens with zero attached hydrogens (tertiary/aromatic N) is 3. The Kier molecular flexibility index (Phi) is 6.74. The van der Waals surface area contributed by atoms with Gasteiger partial charge in [-0.25, -0.2) is 4.98 Å². The van der Waals surface area contributed by atoms with Crippen LogP contribution < -0.4 is 16.0 Å². The molecule has 1 atom stereocenters. The molecule has 0 aliphatic carbocycles. The number of nitrogens with one attached hydrogen (secondary N) is 3. The summed E-state index contributed by atoms with van der Waals surface area (Å²) in [6.07, 6.45) is 3.73. The maximum absolute atomic E-state index is 11.7. The van der Waals surface area contributed by atoms with E-state index in [0.717, 1.165) is 28.1 Å². The zero-order chi connectivity index (χ0) is 24.2. The van der Waals surface area contributed by atoms with Crippen molar-refractivity contribution in [2.24, 2.45) is 0 Å². The number of hydrogen-bond donors (Lipinski definition) is 3. The van der Waals surface area contributed by atoms with Crippen LogP contribution in [0.25, 0.3) is 10.2 Å². The standard InChI is InChI=1S/C27H28N6OS/c1-3-24(34)28-21-7-4-8-22(16-21)29-26-25-23(13-15-35-25)31-27(32-26)30-20-11-9-18(10-12-20)19-6-5-14-33(2)17-19/h3-4,7-13,15-16,19H,1,5-6,14,17H2,2H3,(H,28,34)(H2,29,30,31,32). The third kappa shape index (κ3) is 5.50. The second-order valence-electron chi connectivity index (χ2n) is 8.78. The van der Waals surface area contributed by atoms with E-state index in [9.17, 15) is 4.79 Å². The Morgan fingerprint density at radius 1 is 1.09 bits per heavy atom. The van der Waals surface area contributed by atoms with E-state index in [1.807, 2.05) is 35.7 Å². The van der Waals surface area contributed by atoms with E-state index in [2.05, 4.69) is 58.7 Å². The molecule has 0 bridgehead atoms. The normalized spacial score (nSPS) is 16.1. The Labute approximate surface area is 208 Å². The van der Waals surface area contributed by atoms with Gasteiger partial charge in [-0.3, -0.25) is 4.79 Å². The molecule has 4 aromatic rings. The van der Waals surface area contributed by atoms with Gasteiger partial charge < -0.3 is 20.9 Å². The second kappa shape index (κ2) is 10.2. The van der Waals surface area contributed by atoms with Crippen LogP contribution in [0, 0.1) is 0 Å². The van der Waals surface area contributed by atoms with Gasteiger partial charge in [0.05, 0.1) is 10.2 Å². The molecule has 0 spiro atoms. The number of hydrogen-bond acceptors (Lipinski definition) is 7. The monoisotopic (exact) mass is 484 g/mol. The van der Waals surface area contributed by atoms with Crippen LogP contribution in [-0.2, 0) is 4.79 Å². The summed E-state index contributed by atoms with van der Waals surface area (Å²) >= 11 is 1.58. The van der Waals surface area contributed by atoms with E-state index in [1.165, 1.54) is 31.0 Å². The summed E-state index contributed by atoms with van der Waals surface area (Å²) in [6.45, 7) is 5.79. The molecule has 1 amide bonds. The van der Waals surface area contributed by atoms with Crippen LogP contribution in [0.5, 0.6) is 0 Å². The number of aromatic nitrogens is 2. The molecule has 0 radical (unpaired) electrons. The van der Waals surface area contributed by atoms with Crippen molar-refractivity contribution in [3.05, 3.63) is 78.2 Å². The fraction of sp³-hybridized carbons (Fsp3) is 0.222. The third-order valence-electron chi connectivity index (χ3n) is 6.14. The quantitative estimate of drug-likeness (QED) is 0.275. The lowest BCUT2D eigenvalue weighted by Gasteiger charge is -2.30. The molecule has 1 saturated heterocycles. The number of likely N-dealkylation sites (N-methyl/N-ethyl adjacent to an activating group) is 1. The van der Waals surface area contributed by atoms with Crippen molar-refractivity contribution in [1.29, 1.82) is 0 Å². The van der Waals surface area contributed by atoms with Gasteiger partial charge in [0.2, 0.25) is 11.9 Å². The van der Waals surface area contributed by atoms with Crippen molar-refractivity contribution < 1.29 is 4.79 Å². The first-order valence-electron chi connectivity index (χ1n) is 11.7.